The second-order valence-corrected chi connectivity index (χ2v) is 7.25. The van der Waals surface area contributed by atoms with E-state index in [1.54, 1.807) is 43.5 Å². The maximum atomic E-state index is 12.4. The van der Waals surface area contributed by atoms with Gasteiger partial charge in [0.1, 0.15) is 29.0 Å². The van der Waals surface area contributed by atoms with E-state index < -0.39 is 18.0 Å². The first kappa shape index (κ1) is 23.5. The molecule has 0 radical (unpaired) electrons. The molecule has 178 valence electrons. The van der Waals surface area contributed by atoms with E-state index in [9.17, 15) is 18.0 Å². The second kappa shape index (κ2) is 10.1. The molecule has 4 aromatic rings. The Labute approximate surface area is 198 Å². The van der Waals surface area contributed by atoms with Gasteiger partial charge in [0.05, 0.1) is 0 Å². The first-order chi connectivity index (χ1) is 16.7. The van der Waals surface area contributed by atoms with Crippen molar-refractivity contribution in [3.8, 4) is 5.75 Å². The van der Waals surface area contributed by atoms with E-state index in [1.165, 1.54) is 12.1 Å². The number of nitrogens with zero attached hydrogens (tertiary/aromatic N) is 3. The van der Waals surface area contributed by atoms with Gasteiger partial charge in [0.2, 0.25) is 0 Å². The van der Waals surface area contributed by atoms with Crippen molar-refractivity contribution in [2.24, 2.45) is 0 Å². The summed E-state index contributed by atoms with van der Waals surface area (Å²) in [5.74, 6) is 1.48. The van der Waals surface area contributed by atoms with Crippen molar-refractivity contribution >= 4 is 34.7 Å². The predicted molar refractivity (Wildman–Crippen MR) is 125 cm³/mol. The van der Waals surface area contributed by atoms with Crippen LogP contribution < -0.4 is 20.7 Å². The Kier molecular flexibility index (Phi) is 6.76. The largest absolute Gasteiger partial charge is 0.573 e. The minimum absolute atomic E-state index is 0.186. The zero-order valence-electron chi connectivity index (χ0n) is 18.3. The molecule has 2 aromatic heterocycles. The van der Waals surface area contributed by atoms with E-state index in [4.69, 9.17) is 0 Å². The van der Waals surface area contributed by atoms with Gasteiger partial charge in [-0.3, -0.25) is 4.79 Å². The second-order valence-electron chi connectivity index (χ2n) is 7.25. The first-order valence-electron chi connectivity index (χ1n) is 10.3. The number of ether oxygens (including phenoxy) is 1. The summed E-state index contributed by atoms with van der Waals surface area (Å²) in [6.45, 7) is 1.77. The van der Waals surface area contributed by atoms with E-state index in [0.717, 1.165) is 17.8 Å². The fourth-order valence-corrected chi connectivity index (χ4v) is 3.06. The first-order valence-corrected chi connectivity index (χ1v) is 10.3. The van der Waals surface area contributed by atoms with Gasteiger partial charge in [-0.1, -0.05) is 6.07 Å². The molecule has 0 saturated carbocycles. The quantitative estimate of drug-likeness (QED) is 0.306. The van der Waals surface area contributed by atoms with Crippen molar-refractivity contribution in [1.29, 1.82) is 0 Å². The summed E-state index contributed by atoms with van der Waals surface area (Å²) < 4.78 is 40.6. The van der Waals surface area contributed by atoms with Gasteiger partial charge in [-0.05, 0) is 67.6 Å². The molecule has 11 heteroatoms. The number of hydrogen-bond acceptors (Lipinski definition) is 7. The third-order valence-corrected chi connectivity index (χ3v) is 4.52. The van der Waals surface area contributed by atoms with Gasteiger partial charge in [-0.25, -0.2) is 15.0 Å². The van der Waals surface area contributed by atoms with Gasteiger partial charge in [0.25, 0.3) is 5.91 Å². The fourth-order valence-electron chi connectivity index (χ4n) is 3.06. The highest BCUT2D eigenvalue weighted by atomic mass is 19.4. The van der Waals surface area contributed by atoms with Crippen LogP contribution >= 0.6 is 0 Å². The molecule has 0 aliphatic heterocycles. The van der Waals surface area contributed by atoms with Crippen LogP contribution in [0.15, 0.2) is 79.0 Å². The van der Waals surface area contributed by atoms with Crippen molar-refractivity contribution in [2.45, 2.75) is 13.3 Å². The van der Waals surface area contributed by atoms with Crippen molar-refractivity contribution in [2.75, 3.05) is 16.0 Å². The highest BCUT2D eigenvalue weighted by Gasteiger charge is 2.31. The van der Waals surface area contributed by atoms with Crippen LogP contribution in [0, 0.1) is 6.92 Å². The summed E-state index contributed by atoms with van der Waals surface area (Å²) in [4.78, 5) is 25.3. The standard InChI is InChI=1S/C24H19F3N6O2/c1-15-29-21(14-22(30-15)33-20-4-2-3-13-28-20)31-17-7-9-18(10-8-17)32-23(34)16-5-11-19(12-6-16)35-24(25,26)27/h2-14H,1H3,(H,32,34)(H2,28,29,30,31,33). The lowest BCUT2D eigenvalue weighted by atomic mass is 10.2. The summed E-state index contributed by atoms with van der Waals surface area (Å²) in [5.41, 5.74) is 1.41. The highest BCUT2D eigenvalue weighted by molar-refractivity contribution is 6.04. The number of aromatic nitrogens is 3. The molecule has 0 atom stereocenters. The number of pyridine rings is 1. The highest BCUT2D eigenvalue weighted by Crippen LogP contribution is 2.24. The lowest BCUT2D eigenvalue weighted by Crippen LogP contribution is -2.17. The molecule has 0 bridgehead atoms. The number of hydrogen-bond donors (Lipinski definition) is 3. The number of carbonyl (C=O) groups is 1. The number of alkyl halides is 3. The van der Waals surface area contributed by atoms with Crippen molar-refractivity contribution in [1.82, 2.24) is 15.0 Å². The van der Waals surface area contributed by atoms with E-state index in [2.05, 4.69) is 35.6 Å². The van der Waals surface area contributed by atoms with E-state index in [0.29, 0.717) is 29.0 Å². The molecule has 0 spiro atoms. The van der Waals surface area contributed by atoms with E-state index in [-0.39, 0.29) is 5.56 Å². The summed E-state index contributed by atoms with van der Waals surface area (Å²) >= 11 is 0. The Hall–Kier alpha value is -4.67. The molecule has 35 heavy (non-hydrogen) atoms. The number of nitrogens with one attached hydrogen (secondary N) is 3. The molecule has 0 unspecified atom stereocenters. The predicted octanol–water partition coefficient (Wildman–Crippen LogP) is 5.82. The van der Waals surface area contributed by atoms with Crippen molar-refractivity contribution in [3.05, 3.63) is 90.4 Å². The van der Waals surface area contributed by atoms with Crippen LogP contribution in [0.5, 0.6) is 5.75 Å². The van der Waals surface area contributed by atoms with Crippen molar-refractivity contribution < 1.29 is 22.7 Å². The minimum Gasteiger partial charge on any atom is -0.406 e. The summed E-state index contributed by atoms with van der Waals surface area (Å²) in [5, 5.41) is 8.99. The number of amides is 1. The van der Waals surface area contributed by atoms with E-state index in [1.807, 2.05) is 18.2 Å². The fraction of sp³-hybridized carbons (Fsp3) is 0.0833. The van der Waals surface area contributed by atoms with Crippen LogP contribution in [0.2, 0.25) is 0 Å². The monoisotopic (exact) mass is 480 g/mol. The molecular weight excluding hydrogens is 461 g/mol. The maximum Gasteiger partial charge on any atom is 0.573 e. The van der Waals surface area contributed by atoms with Gasteiger partial charge in [0, 0.05) is 29.2 Å². The van der Waals surface area contributed by atoms with Gasteiger partial charge in [0.15, 0.2) is 0 Å². The van der Waals surface area contributed by atoms with Crippen LogP contribution in [-0.2, 0) is 0 Å². The molecule has 0 saturated heterocycles. The molecule has 0 fully saturated rings. The maximum absolute atomic E-state index is 12.4. The van der Waals surface area contributed by atoms with Crippen LogP contribution in [0.4, 0.5) is 42.0 Å². The molecule has 0 aliphatic rings. The molecule has 2 heterocycles. The summed E-state index contributed by atoms with van der Waals surface area (Å²) in [6, 6.07) is 18.8. The Balaban J connectivity index is 1.38. The zero-order valence-corrected chi connectivity index (χ0v) is 18.3. The number of anilines is 5. The molecule has 2 aromatic carbocycles. The lowest BCUT2D eigenvalue weighted by Gasteiger charge is -2.11. The van der Waals surface area contributed by atoms with Gasteiger partial charge in [-0.15, -0.1) is 13.2 Å². The third-order valence-electron chi connectivity index (χ3n) is 4.52. The minimum atomic E-state index is -4.79. The molecule has 8 nitrogen and oxygen atoms in total. The van der Waals surface area contributed by atoms with E-state index >= 15 is 0 Å². The molecular formula is C24H19F3N6O2. The average Bonchev–Trinajstić information content (AvgIpc) is 2.80. The Morgan fingerprint density at radius 2 is 1.49 bits per heavy atom. The molecule has 0 aliphatic carbocycles. The number of benzene rings is 2. The average molecular weight is 480 g/mol. The van der Waals surface area contributed by atoms with Gasteiger partial charge in [-0.2, -0.15) is 0 Å². The molecule has 1 amide bonds. The van der Waals surface area contributed by atoms with Gasteiger partial charge < -0.3 is 20.7 Å². The SMILES string of the molecule is Cc1nc(Nc2ccc(NC(=O)c3ccc(OC(F)(F)F)cc3)cc2)cc(Nc2ccccn2)n1. The molecule has 4 rings (SSSR count). The number of carbonyl (C=O) groups excluding carboxylic acids is 1. The third kappa shape index (κ3) is 6.90. The van der Waals surface area contributed by atoms with Crippen LogP contribution in [0.3, 0.4) is 0 Å². The Morgan fingerprint density at radius 1 is 0.829 bits per heavy atom. The van der Waals surface area contributed by atoms with Crippen molar-refractivity contribution in [3.63, 3.8) is 0 Å². The van der Waals surface area contributed by atoms with Crippen LogP contribution in [0.25, 0.3) is 0 Å². The zero-order chi connectivity index (χ0) is 24.8. The van der Waals surface area contributed by atoms with Crippen LogP contribution in [-0.4, -0.2) is 27.2 Å². The summed E-state index contributed by atoms with van der Waals surface area (Å²) in [7, 11) is 0. The molecule has 3 N–H and O–H groups in total. The van der Waals surface area contributed by atoms with Gasteiger partial charge >= 0.3 is 6.36 Å². The smallest absolute Gasteiger partial charge is 0.406 e. The normalized spacial score (nSPS) is 11.0. The number of rotatable bonds is 7. The topological polar surface area (TPSA) is 101 Å². The Bertz CT molecular complexity index is 1300. The number of halogens is 3. The lowest BCUT2D eigenvalue weighted by molar-refractivity contribution is -0.274. The Morgan fingerprint density at radius 3 is 2.11 bits per heavy atom. The van der Waals surface area contributed by atoms with Crippen LogP contribution in [0.1, 0.15) is 16.2 Å². The summed E-state index contributed by atoms with van der Waals surface area (Å²) in [6.07, 6.45) is -3.12. The number of aryl methyl sites for hydroxylation is 1.